The highest BCUT2D eigenvalue weighted by Crippen LogP contribution is 2.39. The van der Waals surface area contributed by atoms with Crippen LogP contribution in [0.1, 0.15) is 50.4 Å². The van der Waals surface area contributed by atoms with Gasteiger partial charge in [-0.15, -0.1) is 0 Å². The number of benzene rings is 1. The van der Waals surface area contributed by atoms with Crippen molar-refractivity contribution in [3.8, 4) is 0 Å². The summed E-state index contributed by atoms with van der Waals surface area (Å²) < 4.78 is 32.6. The molecule has 120 valence electrons. The minimum atomic E-state index is -0.957. The molecule has 0 aliphatic carbocycles. The van der Waals surface area contributed by atoms with Crippen LogP contribution in [-0.2, 0) is 4.74 Å². The Balaban J connectivity index is 2.46. The van der Waals surface area contributed by atoms with Gasteiger partial charge in [0.15, 0.2) is 5.78 Å². The van der Waals surface area contributed by atoms with Crippen LogP contribution in [0.25, 0.3) is 0 Å². The molecule has 1 amide bonds. The summed E-state index contributed by atoms with van der Waals surface area (Å²) in [6, 6.07) is 1.65. The van der Waals surface area contributed by atoms with Crippen LogP contribution in [0.5, 0.6) is 0 Å². The van der Waals surface area contributed by atoms with E-state index in [1.54, 1.807) is 13.8 Å². The van der Waals surface area contributed by atoms with Crippen molar-refractivity contribution >= 4 is 17.6 Å². The number of carbonyl (C=O) groups excluding carboxylic acids is 2. The number of Topliss-reactive ketones (excluding diaryl/α,β-unsaturated/α-hetero) is 1. The number of halogens is 2. The van der Waals surface area contributed by atoms with Crippen LogP contribution in [0.15, 0.2) is 12.1 Å². The summed E-state index contributed by atoms with van der Waals surface area (Å²) in [6.45, 7) is 5.51. The third kappa shape index (κ3) is 2.96. The van der Waals surface area contributed by atoms with Gasteiger partial charge in [0.05, 0.1) is 23.4 Å². The summed E-state index contributed by atoms with van der Waals surface area (Å²) >= 11 is 0. The fourth-order valence-corrected chi connectivity index (χ4v) is 2.61. The largest absolute Gasteiger partial charge is 0.449 e. The molecule has 1 aromatic rings. The predicted octanol–water partition coefficient (Wildman–Crippen LogP) is 4.07. The summed E-state index contributed by atoms with van der Waals surface area (Å²) in [6.07, 6.45) is 0.807. The molecule has 0 spiro atoms. The molecule has 4 nitrogen and oxygen atoms in total. The molecule has 1 aliphatic rings. The number of ketones is 1. The normalized spacial score (nSPS) is 16.4. The monoisotopic (exact) mass is 311 g/mol. The lowest BCUT2D eigenvalue weighted by Gasteiger charge is -2.41. The quantitative estimate of drug-likeness (QED) is 0.790. The average molecular weight is 311 g/mol. The lowest BCUT2D eigenvalue weighted by molar-refractivity contribution is 0.0935. The van der Waals surface area contributed by atoms with E-state index in [1.165, 1.54) is 4.90 Å². The van der Waals surface area contributed by atoms with Crippen molar-refractivity contribution in [1.29, 1.82) is 0 Å². The first-order chi connectivity index (χ1) is 10.3. The van der Waals surface area contributed by atoms with E-state index < -0.39 is 29.0 Å². The summed E-state index contributed by atoms with van der Waals surface area (Å²) in [4.78, 5) is 25.6. The topological polar surface area (TPSA) is 46.6 Å². The van der Waals surface area contributed by atoms with Crippen molar-refractivity contribution in [1.82, 2.24) is 0 Å². The van der Waals surface area contributed by atoms with Crippen LogP contribution < -0.4 is 4.90 Å². The molecule has 1 heterocycles. The molecular formula is C16H19F2NO3. The summed E-state index contributed by atoms with van der Waals surface area (Å²) in [5.41, 5.74) is -1.23. The Bertz CT molecular complexity index is 614. The van der Waals surface area contributed by atoms with E-state index in [-0.39, 0.29) is 24.3 Å². The Kier molecular flexibility index (Phi) is 4.49. The number of nitrogens with zero attached hydrogens (tertiary/aromatic N) is 1. The van der Waals surface area contributed by atoms with Gasteiger partial charge in [0.25, 0.3) is 0 Å². The summed E-state index contributed by atoms with van der Waals surface area (Å²) in [5, 5.41) is 0. The van der Waals surface area contributed by atoms with Gasteiger partial charge in [-0.25, -0.2) is 13.6 Å². The molecule has 0 radical (unpaired) electrons. The molecule has 2 rings (SSSR count). The Labute approximate surface area is 128 Å². The van der Waals surface area contributed by atoms with Gasteiger partial charge in [0.2, 0.25) is 0 Å². The smallest absolute Gasteiger partial charge is 0.414 e. The molecule has 1 aromatic carbocycles. The molecule has 0 N–H and O–H groups in total. The van der Waals surface area contributed by atoms with Crippen LogP contribution in [0.4, 0.5) is 19.3 Å². The number of rotatable bonds is 3. The molecule has 0 aromatic heterocycles. The predicted molar refractivity (Wildman–Crippen MR) is 78.1 cm³/mol. The van der Waals surface area contributed by atoms with Gasteiger partial charge in [-0.05, 0) is 26.3 Å². The highest BCUT2D eigenvalue weighted by Gasteiger charge is 2.43. The number of carbonyl (C=O) groups is 2. The molecule has 0 saturated carbocycles. The van der Waals surface area contributed by atoms with Gasteiger partial charge in [0.1, 0.15) is 11.6 Å². The average Bonchev–Trinajstić information content (AvgIpc) is 2.36. The Morgan fingerprint density at radius 3 is 2.68 bits per heavy atom. The Morgan fingerprint density at radius 1 is 1.36 bits per heavy atom. The number of hydrogen-bond acceptors (Lipinski definition) is 3. The van der Waals surface area contributed by atoms with Gasteiger partial charge in [0, 0.05) is 12.5 Å². The maximum atomic E-state index is 13.9. The minimum absolute atomic E-state index is 0.0502. The summed E-state index contributed by atoms with van der Waals surface area (Å²) in [5.74, 6) is -2.25. The van der Waals surface area contributed by atoms with Crippen molar-refractivity contribution in [2.75, 3.05) is 11.5 Å². The molecular weight excluding hydrogens is 292 g/mol. The minimum Gasteiger partial charge on any atom is -0.449 e. The van der Waals surface area contributed by atoms with E-state index >= 15 is 0 Å². The van der Waals surface area contributed by atoms with Crippen LogP contribution >= 0.6 is 0 Å². The lowest BCUT2D eigenvalue weighted by atomic mass is 9.86. The number of ether oxygens (including phenoxy) is 1. The Morgan fingerprint density at radius 2 is 2.05 bits per heavy atom. The van der Waals surface area contributed by atoms with Gasteiger partial charge in [-0.3, -0.25) is 9.69 Å². The standard InChI is InChI=1S/C16H19F2NO3/c1-4-5-6-22-15(21)19-12-8-10(17)7-11(18)14(12)13(20)9-16(19,2)3/h7-8H,4-6,9H2,1-3H3. The van der Waals surface area contributed by atoms with E-state index in [1.807, 2.05) is 6.92 Å². The zero-order chi connectivity index (χ0) is 16.5. The SMILES string of the molecule is CCCCOC(=O)N1c2cc(F)cc(F)c2C(=O)CC1(C)C. The second-order valence-electron chi connectivity index (χ2n) is 6.00. The number of fused-ring (bicyclic) bond motifs is 1. The first-order valence-electron chi connectivity index (χ1n) is 7.27. The van der Waals surface area contributed by atoms with Gasteiger partial charge >= 0.3 is 6.09 Å². The zero-order valence-corrected chi connectivity index (χ0v) is 12.9. The summed E-state index contributed by atoms with van der Waals surface area (Å²) in [7, 11) is 0. The van der Waals surface area contributed by atoms with Gasteiger partial charge < -0.3 is 4.74 Å². The van der Waals surface area contributed by atoms with Crippen molar-refractivity contribution in [3.05, 3.63) is 29.3 Å². The first-order valence-corrected chi connectivity index (χ1v) is 7.27. The first kappa shape index (κ1) is 16.4. The lowest BCUT2D eigenvalue weighted by Crippen LogP contribution is -2.53. The highest BCUT2D eigenvalue weighted by atomic mass is 19.1. The van der Waals surface area contributed by atoms with E-state index in [2.05, 4.69) is 0 Å². The van der Waals surface area contributed by atoms with Crippen molar-refractivity contribution in [2.45, 2.75) is 45.6 Å². The van der Waals surface area contributed by atoms with Gasteiger partial charge in [-0.2, -0.15) is 0 Å². The zero-order valence-electron chi connectivity index (χ0n) is 12.9. The molecule has 6 heteroatoms. The third-order valence-corrected chi connectivity index (χ3v) is 3.66. The van der Waals surface area contributed by atoms with E-state index in [0.29, 0.717) is 12.5 Å². The number of anilines is 1. The van der Waals surface area contributed by atoms with Crippen molar-refractivity contribution in [2.24, 2.45) is 0 Å². The molecule has 1 aliphatic heterocycles. The second-order valence-corrected chi connectivity index (χ2v) is 6.00. The number of amides is 1. The van der Waals surface area contributed by atoms with Crippen LogP contribution in [0.3, 0.4) is 0 Å². The molecule has 0 saturated heterocycles. The fourth-order valence-electron chi connectivity index (χ4n) is 2.61. The Hall–Kier alpha value is -1.98. The second kappa shape index (κ2) is 6.02. The van der Waals surface area contributed by atoms with Crippen LogP contribution in [-0.4, -0.2) is 24.0 Å². The number of unbranched alkanes of at least 4 members (excludes halogenated alkanes) is 1. The van der Waals surface area contributed by atoms with Gasteiger partial charge in [-0.1, -0.05) is 13.3 Å². The number of hydrogen-bond donors (Lipinski definition) is 0. The van der Waals surface area contributed by atoms with Crippen LogP contribution in [0.2, 0.25) is 0 Å². The highest BCUT2D eigenvalue weighted by molar-refractivity contribution is 6.09. The maximum absolute atomic E-state index is 13.9. The van der Waals surface area contributed by atoms with E-state index in [4.69, 9.17) is 4.74 Å². The van der Waals surface area contributed by atoms with E-state index in [9.17, 15) is 18.4 Å². The molecule has 0 fully saturated rings. The molecule has 0 bridgehead atoms. The van der Waals surface area contributed by atoms with Crippen molar-refractivity contribution < 1.29 is 23.1 Å². The molecule has 0 atom stereocenters. The fraction of sp³-hybridized carbons (Fsp3) is 0.500. The van der Waals surface area contributed by atoms with Crippen LogP contribution in [0, 0.1) is 11.6 Å². The molecule has 22 heavy (non-hydrogen) atoms. The third-order valence-electron chi connectivity index (χ3n) is 3.66. The van der Waals surface area contributed by atoms with E-state index in [0.717, 1.165) is 12.5 Å². The van der Waals surface area contributed by atoms with Crippen molar-refractivity contribution in [3.63, 3.8) is 0 Å². The maximum Gasteiger partial charge on any atom is 0.414 e. The molecule has 0 unspecified atom stereocenters.